The predicted molar refractivity (Wildman–Crippen MR) is 96.0 cm³/mol. The van der Waals surface area contributed by atoms with Crippen molar-refractivity contribution in [2.45, 2.75) is 38.7 Å². The second kappa shape index (κ2) is 8.58. The van der Waals surface area contributed by atoms with Gasteiger partial charge in [-0.3, -0.25) is 4.79 Å². The minimum atomic E-state index is -0.773. The summed E-state index contributed by atoms with van der Waals surface area (Å²) in [5, 5.41) is 10.8. The maximum absolute atomic E-state index is 12.1. The Bertz CT molecular complexity index is 855. The van der Waals surface area contributed by atoms with E-state index in [-0.39, 0.29) is 24.1 Å². The summed E-state index contributed by atoms with van der Waals surface area (Å²) in [4.78, 5) is 23.1. The summed E-state index contributed by atoms with van der Waals surface area (Å²) >= 11 is 12.1. The first kappa shape index (κ1) is 19.4. The van der Waals surface area contributed by atoms with Gasteiger partial charge >= 0.3 is 11.9 Å². The summed E-state index contributed by atoms with van der Waals surface area (Å²) in [6.07, 6.45) is 2.07. The number of esters is 2. The second-order valence-corrected chi connectivity index (χ2v) is 6.74. The van der Waals surface area contributed by atoms with Gasteiger partial charge in [0.1, 0.15) is 6.10 Å². The van der Waals surface area contributed by atoms with Crippen LogP contribution in [-0.2, 0) is 27.1 Å². The Labute approximate surface area is 165 Å². The average molecular weight is 414 g/mol. The molecule has 1 aromatic carbocycles. The quantitative estimate of drug-likeness (QED) is 0.572. The van der Waals surface area contributed by atoms with Crippen LogP contribution < -0.4 is 4.74 Å². The largest absolute Gasteiger partial charge is 0.471 e. The van der Waals surface area contributed by atoms with E-state index in [2.05, 4.69) is 15.4 Å². The lowest BCUT2D eigenvalue weighted by molar-refractivity contribution is -0.151. The molecule has 0 radical (unpaired) electrons. The van der Waals surface area contributed by atoms with Crippen molar-refractivity contribution in [2.24, 2.45) is 0 Å². The van der Waals surface area contributed by atoms with Gasteiger partial charge < -0.3 is 14.2 Å². The van der Waals surface area contributed by atoms with Gasteiger partial charge in [0.2, 0.25) is 12.5 Å². The Hall–Kier alpha value is -2.32. The Balaban J connectivity index is 1.62. The third kappa shape index (κ3) is 4.70. The fraction of sp³-hybridized carbons (Fsp3) is 0.412. The van der Waals surface area contributed by atoms with E-state index in [1.165, 1.54) is 0 Å². The molecule has 0 bridgehead atoms. The minimum Gasteiger partial charge on any atom is -0.471 e. The standard InChI is InChI=1S/C17H17Cl2N3O5/c1-2-14(23)25-8-26-17(24)15-16(21-22-20-15)27-11-4-3-9-6-12(18)13(19)7-10(9)5-11/h6-7,11H,2-5,8H2,1H3,(H,20,21,22). The van der Waals surface area contributed by atoms with Gasteiger partial charge in [0.15, 0.2) is 0 Å². The first-order valence-corrected chi connectivity index (χ1v) is 9.10. The number of nitrogens with zero attached hydrogens (tertiary/aromatic N) is 2. The molecule has 1 N–H and O–H groups in total. The number of halogens is 2. The normalized spacial score (nSPS) is 15.7. The molecule has 1 aromatic heterocycles. The molecule has 3 rings (SSSR count). The molecule has 0 amide bonds. The number of carbonyl (C=O) groups excluding carboxylic acids is 2. The molecule has 0 saturated heterocycles. The summed E-state index contributed by atoms with van der Waals surface area (Å²) < 4.78 is 15.4. The summed E-state index contributed by atoms with van der Waals surface area (Å²) in [7, 11) is 0. The van der Waals surface area contributed by atoms with Crippen LogP contribution in [0.3, 0.4) is 0 Å². The van der Waals surface area contributed by atoms with Crippen LogP contribution in [0.1, 0.15) is 41.4 Å². The highest BCUT2D eigenvalue weighted by molar-refractivity contribution is 6.42. The number of aromatic nitrogens is 3. The summed E-state index contributed by atoms with van der Waals surface area (Å²) in [5.74, 6) is -1.21. The lowest BCUT2D eigenvalue weighted by Gasteiger charge is -2.25. The number of carbonyl (C=O) groups is 2. The lowest BCUT2D eigenvalue weighted by atomic mass is 9.90. The molecule has 1 aliphatic carbocycles. The maximum Gasteiger partial charge on any atom is 0.364 e. The molecule has 0 fully saturated rings. The molecule has 1 atom stereocenters. The zero-order valence-electron chi connectivity index (χ0n) is 14.5. The summed E-state index contributed by atoms with van der Waals surface area (Å²) in [6.45, 7) is 1.15. The number of aryl methyl sites for hydroxylation is 1. The first-order valence-electron chi connectivity index (χ1n) is 8.35. The van der Waals surface area contributed by atoms with Crippen LogP contribution in [-0.4, -0.2) is 40.2 Å². The van der Waals surface area contributed by atoms with E-state index in [1.54, 1.807) is 6.92 Å². The zero-order valence-corrected chi connectivity index (χ0v) is 16.0. The number of hydrogen-bond donors (Lipinski definition) is 1. The molecular weight excluding hydrogens is 397 g/mol. The Morgan fingerprint density at radius 3 is 2.70 bits per heavy atom. The molecule has 10 heteroatoms. The van der Waals surface area contributed by atoms with Gasteiger partial charge in [-0.1, -0.05) is 40.4 Å². The second-order valence-electron chi connectivity index (χ2n) is 5.93. The Morgan fingerprint density at radius 2 is 1.96 bits per heavy atom. The van der Waals surface area contributed by atoms with Crippen molar-refractivity contribution in [3.8, 4) is 5.88 Å². The van der Waals surface area contributed by atoms with Gasteiger partial charge in [0.25, 0.3) is 5.88 Å². The van der Waals surface area contributed by atoms with Crippen LogP contribution >= 0.6 is 23.2 Å². The minimum absolute atomic E-state index is 0.0373. The molecule has 1 heterocycles. The summed E-state index contributed by atoms with van der Waals surface area (Å²) in [6, 6.07) is 3.70. The van der Waals surface area contributed by atoms with Crippen molar-refractivity contribution < 1.29 is 23.8 Å². The predicted octanol–water partition coefficient (Wildman–Crippen LogP) is 3.12. The molecule has 144 valence electrons. The number of hydrogen-bond acceptors (Lipinski definition) is 7. The summed E-state index contributed by atoms with van der Waals surface area (Å²) in [5.41, 5.74) is 2.13. The van der Waals surface area contributed by atoms with E-state index in [4.69, 9.17) is 37.4 Å². The number of aromatic amines is 1. The van der Waals surface area contributed by atoms with Crippen LogP contribution in [0, 0.1) is 0 Å². The molecule has 0 saturated carbocycles. The van der Waals surface area contributed by atoms with Crippen molar-refractivity contribution in [3.05, 3.63) is 39.0 Å². The number of nitrogens with one attached hydrogen (secondary N) is 1. The smallest absolute Gasteiger partial charge is 0.364 e. The highest BCUT2D eigenvalue weighted by atomic mass is 35.5. The number of fused-ring (bicyclic) bond motifs is 1. The van der Waals surface area contributed by atoms with Crippen LogP contribution in [0.5, 0.6) is 5.88 Å². The topological polar surface area (TPSA) is 103 Å². The van der Waals surface area contributed by atoms with Crippen molar-refractivity contribution in [2.75, 3.05) is 6.79 Å². The molecule has 1 unspecified atom stereocenters. The van der Waals surface area contributed by atoms with Crippen LogP contribution in [0.25, 0.3) is 0 Å². The number of benzene rings is 1. The van der Waals surface area contributed by atoms with Crippen LogP contribution in [0.2, 0.25) is 10.0 Å². The SMILES string of the molecule is CCC(=O)OCOC(=O)c1[nH]nnc1OC1CCc2cc(Cl)c(Cl)cc2C1. The van der Waals surface area contributed by atoms with Gasteiger partial charge in [-0.2, -0.15) is 0 Å². The third-order valence-electron chi connectivity index (χ3n) is 4.12. The van der Waals surface area contributed by atoms with Gasteiger partial charge in [-0.15, -0.1) is 0 Å². The lowest BCUT2D eigenvalue weighted by Crippen LogP contribution is -2.26. The van der Waals surface area contributed by atoms with Crippen molar-refractivity contribution in [1.29, 1.82) is 0 Å². The molecule has 27 heavy (non-hydrogen) atoms. The van der Waals surface area contributed by atoms with E-state index >= 15 is 0 Å². The van der Waals surface area contributed by atoms with Crippen LogP contribution in [0.4, 0.5) is 0 Å². The van der Waals surface area contributed by atoms with Gasteiger partial charge in [0, 0.05) is 12.8 Å². The van der Waals surface area contributed by atoms with Gasteiger partial charge in [-0.25, -0.2) is 9.89 Å². The Kier molecular flexibility index (Phi) is 6.18. The monoisotopic (exact) mass is 413 g/mol. The van der Waals surface area contributed by atoms with Crippen molar-refractivity contribution in [3.63, 3.8) is 0 Å². The fourth-order valence-electron chi connectivity index (χ4n) is 2.73. The zero-order chi connectivity index (χ0) is 19.4. The molecule has 0 aliphatic heterocycles. The van der Waals surface area contributed by atoms with E-state index < -0.39 is 18.7 Å². The van der Waals surface area contributed by atoms with Crippen LogP contribution in [0.15, 0.2) is 12.1 Å². The maximum atomic E-state index is 12.1. The fourth-order valence-corrected chi connectivity index (χ4v) is 3.10. The van der Waals surface area contributed by atoms with E-state index in [0.29, 0.717) is 16.5 Å². The average Bonchev–Trinajstić information content (AvgIpc) is 3.11. The molecule has 8 nitrogen and oxygen atoms in total. The van der Waals surface area contributed by atoms with E-state index in [1.807, 2.05) is 12.1 Å². The first-order chi connectivity index (χ1) is 13.0. The van der Waals surface area contributed by atoms with E-state index in [0.717, 1.165) is 24.0 Å². The van der Waals surface area contributed by atoms with Crippen molar-refractivity contribution >= 4 is 35.1 Å². The molecule has 1 aliphatic rings. The highest BCUT2D eigenvalue weighted by Crippen LogP contribution is 2.32. The molecular formula is C17H17Cl2N3O5. The molecule has 0 spiro atoms. The molecule has 2 aromatic rings. The highest BCUT2D eigenvalue weighted by Gasteiger charge is 2.26. The number of rotatable bonds is 6. The van der Waals surface area contributed by atoms with Crippen molar-refractivity contribution in [1.82, 2.24) is 15.4 Å². The van der Waals surface area contributed by atoms with Gasteiger partial charge in [0.05, 0.1) is 10.0 Å². The van der Waals surface area contributed by atoms with Gasteiger partial charge in [-0.05, 0) is 36.1 Å². The number of H-pyrrole nitrogens is 1. The van der Waals surface area contributed by atoms with E-state index in [9.17, 15) is 9.59 Å². The number of ether oxygens (including phenoxy) is 3. The third-order valence-corrected chi connectivity index (χ3v) is 4.85. The Morgan fingerprint density at radius 1 is 1.22 bits per heavy atom.